The Balaban J connectivity index is 3.07. The quantitative estimate of drug-likeness (QED) is 0.606. The van der Waals surface area contributed by atoms with Gasteiger partial charge in [-0.25, -0.2) is 0 Å². The van der Waals surface area contributed by atoms with E-state index in [1.165, 1.54) is 19.1 Å². The fourth-order valence-electron chi connectivity index (χ4n) is 1.95. The van der Waals surface area contributed by atoms with Gasteiger partial charge in [0, 0.05) is 6.54 Å². The summed E-state index contributed by atoms with van der Waals surface area (Å²) in [6.07, 6.45) is 0. The second kappa shape index (κ2) is 7.23. The second-order valence-corrected chi connectivity index (χ2v) is 8.23. The maximum atomic E-state index is 12.4. The van der Waals surface area contributed by atoms with Gasteiger partial charge >= 0.3 is 15.6 Å². The molecule has 1 N–H and O–H groups in total. The summed E-state index contributed by atoms with van der Waals surface area (Å²) in [5, 5.41) is 2.80. The van der Waals surface area contributed by atoms with Gasteiger partial charge in [-0.3, -0.25) is 4.79 Å². The summed E-state index contributed by atoms with van der Waals surface area (Å²) in [6.45, 7) is 9.14. The highest BCUT2D eigenvalue weighted by Crippen LogP contribution is 2.32. The molecule has 1 aromatic rings. The van der Waals surface area contributed by atoms with Crippen LogP contribution in [0.2, 0.25) is 0 Å². The molecule has 0 fully saturated rings. The van der Waals surface area contributed by atoms with Crippen LogP contribution in [0, 0.1) is 12.8 Å². The number of carbonyl (C=O) groups is 1. The molecule has 0 spiro atoms. The van der Waals surface area contributed by atoms with Gasteiger partial charge in [-0.15, -0.1) is 0 Å². The van der Waals surface area contributed by atoms with Crippen LogP contribution in [0.4, 0.5) is 13.2 Å². The lowest BCUT2D eigenvalue weighted by Crippen LogP contribution is -2.41. The van der Waals surface area contributed by atoms with Crippen LogP contribution < -0.4 is 9.50 Å². The van der Waals surface area contributed by atoms with Crippen LogP contribution in [0.25, 0.3) is 0 Å². The van der Waals surface area contributed by atoms with Crippen molar-refractivity contribution in [3.05, 3.63) is 29.3 Å². The van der Waals surface area contributed by atoms with Gasteiger partial charge < -0.3 is 9.50 Å². The lowest BCUT2D eigenvalue weighted by molar-refractivity contribution is -0.125. The van der Waals surface area contributed by atoms with Crippen LogP contribution >= 0.6 is 0 Å². The molecule has 0 saturated heterocycles. The van der Waals surface area contributed by atoms with Crippen LogP contribution in [0.15, 0.2) is 18.2 Å². The minimum absolute atomic E-state index is 0.176. The fourth-order valence-corrected chi connectivity index (χ4v) is 2.46. The summed E-state index contributed by atoms with van der Waals surface area (Å²) in [6, 6.07) is 3.94. The molecule has 0 aliphatic carbocycles. The SMILES string of the molecule is Cc1cc(C(C)(C)C(=O)NCC(C)C)ccc1OS(=O)(=O)C(F)(F)F. The van der Waals surface area contributed by atoms with E-state index in [0.29, 0.717) is 12.1 Å². The highest BCUT2D eigenvalue weighted by atomic mass is 32.2. The number of benzene rings is 1. The summed E-state index contributed by atoms with van der Waals surface area (Å²) in [5.41, 5.74) is -5.74. The van der Waals surface area contributed by atoms with E-state index in [1.807, 2.05) is 13.8 Å². The van der Waals surface area contributed by atoms with Gasteiger partial charge in [0.25, 0.3) is 0 Å². The van der Waals surface area contributed by atoms with Crippen LogP contribution in [0.3, 0.4) is 0 Å². The molecular weight excluding hydrogens is 359 g/mol. The van der Waals surface area contributed by atoms with Crippen LogP contribution in [0.1, 0.15) is 38.8 Å². The number of hydrogen-bond acceptors (Lipinski definition) is 4. The number of amides is 1. The molecule has 5 nitrogen and oxygen atoms in total. The van der Waals surface area contributed by atoms with E-state index in [9.17, 15) is 26.4 Å². The lowest BCUT2D eigenvalue weighted by Gasteiger charge is -2.25. The van der Waals surface area contributed by atoms with E-state index < -0.39 is 26.8 Å². The van der Waals surface area contributed by atoms with E-state index >= 15 is 0 Å². The van der Waals surface area contributed by atoms with Gasteiger partial charge in [-0.1, -0.05) is 26.0 Å². The van der Waals surface area contributed by atoms with Crippen molar-refractivity contribution in [3.63, 3.8) is 0 Å². The standard InChI is InChI=1S/C16H22F3NO4S/c1-10(2)9-20-14(21)15(4,5)12-6-7-13(11(3)8-12)24-25(22,23)16(17,18)19/h6-8,10H,9H2,1-5H3,(H,20,21). The second-order valence-electron chi connectivity index (χ2n) is 6.69. The van der Waals surface area contributed by atoms with Crippen molar-refractivity contribution in [2.24, 2.45) is 5.92 Å². The number of aryl methyl sites for hydroxylation is 1. The van der Waals surface area contributed by atoms with Crippen molar-refractivity contribution < 1.29 is 30.6 Å². The molecule has 0 aliphatic heterocycles. The first-order valence-electron chi connectivity index (χ1n) is 7.58. The zero-order valence-electron chi connectivity index (χ0n) is 14.7. The molecule has 0 aromatic heterocycles. The molecule has 0 bridgehead atoms. The normalized spacial score (nSPS) is 13.0. The Morgan fingerprint density at radius 1 is 1.24 bits per heavy atom. The zero-order valence-corrected chi connectivity index (χ0v) is 15.5. The monoisotopic (exact) mass is 381 g/mol. The summed E-state index contributed by atoms with van der Waals surface area (Å²) >= 11 is 0. The minimum Gasteiger partial charge on any atom is -0.376 e. The number of halogens is 3. The molecule has 1 amide bonds. The van der Waals surface area contributed by atoms with Crippen molar-refractivity contribution in [3.8, 4) is 5.75 Å². The Bertz CT molecular complexity index is 740. The third-order valence-corrected chi connectivity index (χ3v) is 4.58. The van der Waals surface area contributed by atoms with Crippen molar-refractivity contribution in [1.82, 2.24) is 5.32 Å². The highest BCUT2D eigenvalue weighted by Gasteiger charge is 2.48. The molecule has 0 aliphatic rings. The predicted molar refractivity (Wildman–Crippen MR) is 87.7 cm³/mol. The Hall–Kier alpha value is -1.77. The third-order valence-electron chi connectivity index (χ3n) is 3.62. The lowest BCUT2D eigenvalue weighted by atomic mass is 9.83. The minimum atomic E-state index is -5.74. The number of nitrogens with one attached hydrogen (secondary N) is 1. The molecule has 142 valence electrons. The van der Waals surface area contributed by atoms with Gasteiger partial charge in [0.1, 0.15) is 5.75 Å². The summed E-state index contributed by atoms with van der Waals surface area (Å²) in [4.78, 5) is 12.3. The first-order valence-corrected chi connectivity index (χ1v) is 8.99. The summed E-state index contributed by atoms with van der Waals surface area (Å²) in [5.74, 6) is -0.401. The maximum Gasteiger partial charge on any atom is 0.534 e. The largest absolute Gasteiger partial charge is 0.534 e. The molecule has 0 saturated carbocycles. The number of rotatable bonds is 6. The third kappa shape index (κ3) is 5.10. The Morgan fingerprint density at radius 3 is 2.24 bits per heavy atom. The zero-order chi connectivity index (χ0) is 19.6. The van der Waals surface area contributed by atoms with E-state index in [1.54, 1.807) is 13.8 Å². The molecule has 0 unspecified atom stereocenters. The molecule has 0 radical (unpaired) electrons. The number of hydrogen-bond donors (Lipinski definition) is 1. The molecule has 25 heavy (non-hydrogen) atoms. The maximum absolute atomic E-state index is 12.4. The molecule has 1 rings (SSSR count). The van der Waals surface area contributed by atoms with E-state index in [-0.39, 0.29) is 17.4 Å². The van der Waals surface area contributed by atoms with Crippen LogP contribution in [0.5, 0.6) is 5.75 Å². The first-order chi connectivity index (χ1) is 11.2. The fraction of sp³-hybridized carbons (Fsp3) is 0.562. The van der Waals surface area contributed by atoms with Crippen LogP contribution in [-0.2, 0) is 20.3 Å². The Kier molecular flexibility index (Phi) is 6.15. The molecular formula is C16H22F3NO4S. The molecule has 0 heterocycles. The van der Waals surface area contributed by atoms with E-state index in [0.717, 1.165) is 6.07 Å². The molecule has 9 heteroatoms. The van der Waals surface area contributed by atoms with Gasteiger partial charge in [0.15, 0.2) is 0 Å². The summed E-state index contributed by atoms with van der Waals surface area (Å²) in [7, 11) is -5.74. The van der Waals surface area contributed by atoms with Gasteiger partial charge in [0.05, 0.1) is 5.41 Å². The first kappa shape index (κ1) is 21.3. The van der Waals surface area contributed by atoms with Gasteiger partial charge in [-0.05, 0) is 43.9 Å². The van der Waals surface area contributed by atoms with Crippen LogP contribution in [-0.4, -0.2) is 26.4 Å². The average molecular weight is 381 g/mol. The van der Waals surface area contributed by atoms with Crippen molar-refractivity contribution in [1.29, 1.82) is 0 Å². The predicted octanol–water partition coefficient (Wildman–Crippen LogP) is 3.27. The Labute approximate surface area is 145 Å². The van der Waals surface area contributed by atoms with Crippen molar-refractivity contribution >= 4 is 16.0 Å². The average Bonchev–Trinajstić information content (AvgIpc) is 2.45. The van der Waals surface area contributed by atoms with E-state index in [2.05, 4.69) is 9.50 Å². The molecule has 1 aromatic carbocycles. The van der Waals surface area contributed by atoms with E-state index in [4.69, 9.17) is 0 Å². The van der Waals surface area contributed by atoms with Gasteiger partial charge in [0.2, 0.25) is 5.91 Å². The van der Waals surface area contributed by atoms with Crippen molar-refractivity contribution in [2.75, 3.05) is 6.54 Å². The van der Waals surface area contributed by atoms with Crippen molar-refractivity contribution in [2.45, 2.75) is 45.5 Å². The topological polar surface area (TPSA) is 72.5 Å². The molecule has 0 atom stereocenters. The number of carbonyl (C=O) groups excluding carboxylic acids is 1. The van der Waals surface area contributed by atoms with Gasteiger partial charge in [-0.2, -0.15) is 21.6 Å². The smallest absolute Gasteiger partial charge is 0.376 e. The number of alkyl halides is 3. The summed E-state index contributed by atoms with van der Waals surface area (Å²) < 4.78 is 63.6. The highest BCUT2D eigenvalue weighted by molar-refractivity contribution is 7.88. The Morgan fingerprint density at radius 2 is 1.80 bits per heavy atom.